The molecule has 0 spiro atoms. The molecule has 1 amide bonds. The number of hydrogen-bond donors (Lipinski definition) is 3. The molecular weight excluding hydrogens is 262 g/mol. The van der Waals surface area contributed by atoms with Gasteiger partial charge in [-0.3, -0.25) is 4.79 Å². The van der Waals surface area contributed by atoms with Gasteiger partial charge in [0.25, 0.3) is 0 Å². The molecule has 5 N–H and O–H groups in total. The second kappa shape index (κ2) is 5.88. The van der Waals surface area contributed by atoms with E-state index >= 15 is 0 Å². The SMILES string of the molecule is CC1(N)CCCCC1C(=O)NC1C2CCCC1CC(N)C2. The Labute approximate surface area is 128 Å². The summed E-state index contributed by atoms with van der Waals surface area (Å²) in [6, 6.07) is 0.687. The summed E-state index contributed by atoms with van der Waals surface area (Å²) in [6.07, 6.45) is 10.1. The average molecular weight is 293 g/mol. The van der Waals surface area contributed by atoms with Crippen molar-refractivity contribution in [3.63, 3.8) is 0 Å². The molecule has 3 aliphatic rings. The molecule has 2 bridgehead atoms. The summed E-state index contributed by atoms with van der Waals surface area (Å²) in [5.74, 6) is 1.37. The highest BCUT2D eigenvalue weighted by atomic mass is 16.2. The monoisotopic (exact) mass is 293 g/mol. The second-order valence-electron chi connectivity index (χ2n) is 8.02. The fraction of sp³-hybridized carbons (Fsp3) is 0.941. The van der Waals surface area contributed by atoms with Crippen molar-refractivity contribution in [2.75, 3.05) is 0 Å². The van der Waals surface area contributed by atoms with E-state index in [2.05, 4.69) is 5.32 Å². The summed E-state index contributed by atoms with van der Waals surface area (Å²) < 4.78 is 0. The highest BCUT2D eigenvalue weighted by molar-refractivity contribution is 5.80. The lowest BCUT2D eigenvalue weighted by Crippen LogP contribution is -2.59. The molecule has 0 aromatic heterocycles. The number of hydrogen-bond acceptors (Lipinski definition) is 3. The predicted octanol–water partition coefficient (Wildman–Crippen LogP) is 1.92. The maximum absolute atomic E-state index is 12.8. The van der Waals surface area contributed by atoms with E-state index in [9.17, 15) is 4.79 Å². The number of fused-ring (bicyclic) bond motifs is 2. The summed E-state index contributed by atoms with van der Waals surface area (Å²) in [6.45, 7) is 2.05. The Kier molecular flexibility index (Phi) is 4.28. The van der Waals surface area contributed by atoms with Gasteiger partial charge in [-0.25, -0.2) is 0 Å². The molecule has 3 saturated carbocycles. The minimum absolute atomic E-state index is 0.0115. The van der Waals surface area contributed by atoms with E-state index in [1.807, 2.05) is 6.92 Å². The molecule has 3 aliphatic carbocycles. The Morgan fingerprint density at radius 2 is 1.76 bits per heavy atom. The first kappa shape index (κ1) is 15.3. The van der Waals surface area contributed by atoms with Gasteiger partial charge in [-0.05, 0) is 57.3 Å². The Hall–Kier alpha value is -0.610. The van der Waals surface area contributed by atoms with Gasteiger partial charge in [0.2, 0.25) is 5.91 Å². The van der Waals surface area contributed by atoms with E-state index in [0.717, 1.165) is 38.5 Å². The maximum Gasteiger partial charge on any atom is 0.225 e. The van der Waals surface area contributed by atoms with Crippen LogP contribution in [0.3, 0.4) is 0 Å². The number of carbonyl (C=O) groups excluding carboxylic acids is 1. The van der Waals surface area contributed by atoms with Crippen molar-refractivity contribution < 1.29 is 4.79 Å². The van der Waals surface area contributed by atoms with E-state index < -0.39 is 0 Å². The van der Waals surface area contributed by atoms with Crippen molar-refractivity contribution in [1.29, 1.82) is 0 Å². The molecule has 0 aromatic carbocycles. The van der Waals surface area contributed by atoms with Gasteiger partial charge in [0.05, 0.1) is 5.92 Å². The number of nitrogens with two attached hydrogens (primary N) is 2. The van der Waals surface area contributed by atoms with Crippen molar-refractivity contribution in [3.05, 3.63) is 0 Å². The molecule has 3 fully saturated rings. The third-order valence-electron chi connectivity index (χ3n) is 6.26. The van der Waals surface area contributed by atoms with Crippen LogP contribution in [0.25, 0.3) is 0 Å². The first-order valence-corrected chi connectivity index (χ1v) is 8.82. The number of amides is 1. The normalized spacial score (nSPS) is 46.9. The Morgan fingerprint density at radius 3 is 2.38 bits per heavy atom. The number of carbonyl (C=O) groups is 1. The van der Waals surface area contributed by atoms with Crippen molar-refractivity contribution >= 4 is 5.91 Å². The van der Waals surface area contributed by atoms with Crippen LogP contribution in [0.4, 0.5) is 0 Å². The molecule has 4 unspecified atom stereocenters. The molecule has 0 aliphatic heterocycles. The zero-order valence-corrected chi connectivity index (χ0v) is 13.3. The van der Waals surface area contributed by atoms with Crippen molar-refractivity contribution in [2.45, 2.75) is 82.3 Å². The van der Waals surface area contributed by atoms with E-state index in [1.165, 1.54) is 19.3 Å². The van der Waals surface area contributed by atoms with E-state index in [0.29, 0.717) is 23.9 Å². The van der Waals surface area contributed by atoms with Crippen LogP contribution in [0.15, 0.2) is 0 Å². The highest BCUT2D eigenvalue weighted by Crippen LogP contribution is 2.40. The molecule has 4 nitrogen and oxygen atoms in total. The van der Waals surface area contributed by atoms with Crippen LogP contribution >= 0.6 is 0 Å². The van der Waals surface area contributed by atoms with Crippen LogP contribution in [-0.2, 0) is 4.79 Å². The molecule has 120 valence electrons. The van der Waals surface area contributed by atoms with E-state index in [4.69, 9.17) is 11.5 Å². The minimum Gasteiger partial charge on any atom is -0.353 e. The number of nitrogens with one attached hydrogen (secondary N) is 1. The smallest absolute Gasteiger partial charge is 0.225 e. The molecule has 4 heteroatoms. The molecule has 0 saturated heterocycles. The maximum atomic E-state index is 12.8. The van der Waals surface area contributed by atoms with E-state index in [-0.39, 0.29) is 17.4 Å². The molecule has 21 heavy (non-hydrogen) atoms. The summed E-state index contributed by atoms with van der Waals surface area (Å²) in [5.41, 5.74) is 12.2. The van der Waals surface area contributed by atoms with Crippen LogP contribution in [0.2, 0.25) is 0 Å². The third-order valence-corrected chi connectivity index (χ3v) is 6.26. The minimum atomic E-state index is -0.331. The second-order valence-corrected chi connectivity index (χ2v) is 8.02. The topological polar surface area (TPSA) is 81.1 Å². The van der Waals surface area contributed by atoms with Crippen molar-refractivity contribution in [3.8, 4) is 0 Å². The van der Waals surface area contributed by atoms with Gasteiger partial charge in [-0.2, -0.15) is 0 Å². The van der Waals surface area contributed by atoms with Gasteiger partial charge in [-0.1, -0.05) is 19.3 Å². The molecule has 0 radical (unpaired) electrons. The lowest BCUT2D eigenvalue weighted by atomic mass is 9.66. The van der Waals surface area contributed by atoms with E-state index in [1.54, 1.807) is 0 Å². The summed E-state index contributed by atoms with van der Waals surface area (Å²) in [5, 5.41) is 3.39. The van der Waals surface area contributed by atoms with Crippen molar-refractivity contribution in [1.82, 2.24) is 5.32 Å². The Morgan fingerprint density at radius 1 is 1.10 bits per heavy atom. The predicted molar refractivity (Wildman–Crippen MR) is 84.5 cm³/mol. The van der Waals surface area contributed by atoms with Gasteiger partial charge in [-0.15, -0.1) is 0 Å². The van der Waals surface area contributed by atoms with Crippen LogP contribution in [0.1, 0.15) is 64.7 Å². The standard InChI is InChI=1S/C17H31N3O/c1-17(19)8-3-2-7-14(17)16(21)20-15-11-5-4-6-12(15)10-13(18)9-11/h11-15H,2-10,18-19H2,1H3,(H,20,21). The van der Waals surface area contributed by atoms with Gasteiger partial charge in [0.1, 0.15) is 0 Å². The highest BCUT2D eigenvalue weighted by Gasteiger charge is 2.43. The zero-order chi connectivity index (χ0) is 15.0. The lowest BCUT2D eigenvalue weighted by Gasteiger charge is -2.46. The largest absolute Gasteiger partial charge is 0.353 e. The fourth-order valence-corrected chi connectivity index (χ4v) is 5.08. The zero-order valence-electron chi connectivity index (χ0n) is 13.3. The van der Waals surface area contributed by atoms with Crippen LogP contribution in [0.5, 0.6) is 0 Å². The van der Waals surface area contributed by atoms with Crippen LogP contribution in [-0.4, -0.2) is 23.5 Å². The summed E-state index contributed by atoms with van der Waals surface area (Å²) in [4.78, 5) is 12.8. The van der Waals surface area contributed by atoms with Crippen molar-refractivity contribution in [2.24, 2.45) is 29.2 Å². The van der Waals surface area contributed by atoms with Gasteiger partial charge < -0.3 is 16.8 Å². The average Bonchev–Trinajstić information content (AvgIpc) is 2.39. The molecular formula is C17H31N3O. The van der Waals surface area contributed by atoms with Gasteiger partial charge >= 0.3 is 0 Å². The fourth-order valence-electron chi connectivity index (χ4n) is 5.08. The summed E-state index contributed by atoms with van der Waals surface area (Å²) in [7, 11) is 0. The molecule has 3 rings (SSSR count). The lowest BCUT2D eigenvalue weighted by molar-refractivity contribution is -0.130. The number of rotatable bonds is 2. The quantitative estimate of drug-likeness (QED) is 0.727. The van der Waals surface area contributed by atoms with Gasteiger partial charge in [0.15, 0.2) is 0 Å². The Balaban J connectivity index is 1.66. The third kappa shape index (κ3) is 3.11. The summed E-state index contributed by atoms with van der Waals surface area (Å²) >= 11 is 0. The van der Waals surface area contributed by atoms with Gasteiger partial charge in [0, 0.05) is 17.6 Å². The first-order valence-electron chi connectivity index (χ1n) is 8.82. The molecule has 0 aromatic rings. The molecule has 4 atom stereocenters. The van der Waals surface area contributed by atoms with Crippen LogP contribution in [0, 0.1) is 17.8 Å². The molecule has 0 heterocycles. The van der Waals surface area contributed by atoms with Crippen LogP contribution < -0.4 is 16.8 Å². The first-order chi connectivity index (χ1) is 9.97. The Bertz CT molecular complexity index is 381.